The van der Waals surface area contributed by atoms with Gasteiger partial charge in [0.1, 0.15) is 17.9 Å². The minimum absolute atomic E-state index is 0.0645. The number of imidazole rings is 1. The summed E-state index contributed by atoms with van der Waals surface area (Å²) in [4.78, 5) is 86.6. The van der Waals surface area contributed by atoms with Gasteiger partial charge < -0.3 is 54.8 Å². The molecule has 1 aliphatic carbocycles. The van der Waals surface area contributed by atoms with Crippen molar-refractivity contribution in [3.63, 3.8) is 0 Å². The summed E-state index contributed by atoms with van der Waals surface area (Å²) in [7, 11) is 0. The topological polar surface area (TPSA) is 261 Å². The SMILES string of the molecule is Cc1ncsc1-c1ccc(CNC(=O)[C@@H]2CCCN2C(=O)[C@@H](NC(=O)CCOCCOCCOCCOCCOCCC(=O)NCCN2CCN(C(=O)c3ccc(Nc4nc(C5CC5)cn5c(-c6cn[nH]c6)cnc45)c(F)c3)CC2)C(C)(C)C)cc1. The highest BCUT2D eigenvalue weighted by molar-refractivity contribution is 7.13. The number of nitrogens with one attached hydrogen (secondary N) is 5. The fourth-order valence-corrected chi connectivity index (χ4v) is 11.1. The number of likely N-dealkylation sites (tertiary alicyclic amines) is 1. The first kappa shape index (κ1) is 63.2. The van der Waals surface area contributed by atoms with Gasteiger partial charge in [-0.1, -0.05) is 45.0 Å². The Morgan fingerprint density at radius 2 is 1.45 bits per heavy atom. The molecule has 0 unspecified atom stereocenters. The predicted octanol–water partition coefficient (Wildman–Crippen LogP) is 5.89. The van der Waals surface area contributed by atoms with Crippen LogP contribution in [-0.4, -0.2) is 198 Å². The van der Waals surface area contributed by atoms with E-state index < -0.39 is 23.3 Å². The summed E-state index contributed by atoms with van der Waals surface area (Å²) in [5, 5.41) is 18.9. The van der Waals surface area contributed by atoms with Crippen LogP contribution in [0, 0.1) is 18.2 Å². The number of aryl methyl sites for hydroxylation is 1. The number of anilines is 2. The van der Waals surface area contributed by atoms with Crippen molar-refractivity contribution >= 4 is 58.0 Å². The molecule has 23 nitrogen and oxygen atoms in total. The zero-order chi connectivity index (χ0) is 60.4. The van der Waals surface area contributed by atoms with Gasteiger partial charge in [0, 0.05) is 94.6 Å². The molecule has 4 aromatic heterocycles. The molecule has 6 heterocycles. The number of fused-ring (bicyclic) bond motifs is 1. The minimum atomic E-state index is -0.820. The molecule has 5 amide bonds. The number of H-pyrrole nitrogens is 1. The number of aromatic nitrogens is 6. The van der Waals surface area contributed by atoms with Crippen LogP contribution in [-0.2, 0) is 49.4 Å². The number of amides is 5. The molecule has 1 saturated carbocycles. The molecule has 2 aliphatic heterocycles. The van der Waals surface area contributed by atoms with Crippen LogP contribution in [0.5, 0.6) is 0 Å². The quantitative estimate of drug-likeness (QED) is 0.0309. The second kappa shape index (κ2) is 30.9. The number of hydrogen-bond acceptors (Lipinski definition) is 17. The van der Waals surface area contributed by atoms with Crippen molar-refractivity contribution in [2.45, 2.75) is 90.8 Å². The molecule has 462 valence electrons. The summed E-state index contributed by atoms with van der Waals surface area (Å²) >= 11 is 1.59. The maximum atomic E-state index is 15.6. The standard InChI is InChI=1S/C61H80FN13O10S/c1-41-54(86-40-66-41)44-9-7-42(8-10-44)35-65-58(78)50-6-5-18-74(50)60(80)55(61(2,3)4)71-53(77)16-25-82-27-29-84-31-33-85-32-30-83-28-26-81-24-15-52(76)63-17-19-72-20-22-73(23-21-72)59(79)45-13-14-48(47(62)34-45)69-56-57-64-38-51(46-36-67-68-37-46)75(57)39-49(70-56)43-11-12-43/h7-10,13-14,34,36-40,43,50,55H,5-6,11-12,15-33,35H2,1-4H3,(H,63,76)(H,65,78)(H,67,68)(H,69,70)(H,71,77)/t50-,55+/m0/s1. The average Bonchev–Trinajstić information content (AvgIpc) is 1.81. The molecule has 2 atom stereocenters. The lowest BCUT2D eigenvalue weighted by Gasteiger charge is -2.35. The van der Waals surface area contributed by atoms with Gasteiger partial charge in [-0.25, -0.2) is 19.3 Å². The summed E-state index contributed by atoms with van der Waals surface area (Å²) in [6.07, 6.45) is 10.9. The van der Waals surface area contributed by atoms with Gasteiger partial charge in [0.25, 0.3) is 5.91 Å². The van der Waals surface area contributed by atoms with Crippen molar-refractivity contribution in [1.82, 2.24) is 60.2 Å². The van der Waals surface area contributed by atoms with E-state index >= 15 is 4.39 Å². The van der Waals surface area contributed by atoms with Crippen LogP contribution in [0.15, 0.2) is 72.8 Å². The number of carbonyl (C=O) groups excluding carboxylic acids is 5. The van der Waals surface area contributed by atoms with Crippen molar-refractivity contribution in [2.75, 3.05) is 117 Å². The zero-order valence-electron chi connectivity index (χ0n) is 49.6. The number of carbonyl (C=O) groups is 5. The van der Waals surface area contributed by atoms with Crippen LogP contribution >= 0.6 is 11.3 Å². The number of piperazine rings is 1. The molecule has 3 aliphatic rings. The molecule has 0 bridgehead atoms. The Morgan fingerprint density at radius 3 is 2.07 bits per heavy atom. The molecular weight excluding hydrogens is 1130 g/mol. The molecule has 3 fully saturated rings. The Balaban J connectivity index is 0.547. The van der Waals surface area contributed by atoms with Crippen molar-refractivity contribution in [3.05, 3.63) is 101 Å². The van der Waals surface area contributed by atoms with Crippen LogP contribution in [0.25, 0.3) is 27.3 Å². The van der Waals surface area contributed by atoms with Gasteiger partial charge >= 0.3 is 0 Å². The molecule has 25 heteroatoms. The van der Waals surface area contributed by atoms with E-state index in [0.717, 1.165) is 51.5 Å². The van der Waals surface area contributed by atoms with E-state index in [1.807, 2.05) is 68.1 Å². The number of thiazole rings is 1. The van der Waals surface area contributed by atoms with E-state index in [2.05, 4.69) is 46.3 Å². The summed E-state index contributed by atoms with van der Waals surface area (Å²) < 4.78 is 45.5. The normalized spacial score (nSPS) is 15.9. The third-order valence-electron chi connectivity index (χ3n) is 15.3. The largest absolute Gasteiger partial charge is 0.379 e. The number of nitrogens with zero attached hydrogens (tertiary/aromatic N) is 8. The van der Waals surface area contributed by atoms with Crippen LogP contribution in [0.4, 0.5) is 15.9 Å². The maximum Gasteiger partial charge on any atom is 0.254 e. The predicted molar refractivity (Wildman–Crippen MR) is 321 cm³/mol. The minimum Gasteiger partial charge on any atom is -0.379 e. The number of ether oxygens (including phenoxy) is 5. The summed E-state index contributed by atoms with van der Waals surface area (Å²) in [5.74, 6) is -0.936. The number of rotatable bonds is 32. The number of halogens is 1. The molecular formula is C61H80FN13O10S. The highest BCUT2D eigenvalue weighted by atomic mass is 32.1. The summed E-state index contributed by atoms with van der Waals surface area (Å²) in [5.41, 5.74) is 7.87. The van der Waals surface area contributed by atoms with Gasteiger partial charge in [-0.05, 0) is 67.3 Å². The fraction of sp³-hybridized carbons (Fsp3) is 0.525. The van der Waals surface area contributed by atoms with E-state index in [-0.39, 0.29) is 73.4 Å². The van der Waals surface area contributed by atoms with Crippen molar-refractivity contribution in [2.24, 2.45) is 5.41 Å². The lowest BCUT2D eigenvalue weighted by Crippen LogP contribution is -2.57. The average molecular weight is 1210 g/mol. The second-order valence-corrected chi connectivity index (χ2v) is 23.6. The Bertz CT molecular complexity index is 3200. The van der Waals surface area contributed by atoms with Gasteiger partial charge in [-0.3, -0.25) is 38.4 Å². The first-order valence-electron chi connectivity index (χ1n) is 29.7. The van der Waals surface area contributed by atoms with E-state index in [1.54, 1.807) is 51.9 Å². The lowest BCUT2D eigenvalue weighted by molar-refractivity contribution is -0.144. The second-order valence-electron chi connectivity index (χ2n) is 22.7. The molecule has 0 radical (unpaired) electrons. The van der Waals surface area contributed by atoms with Crippen molar-refractivity contribution < 1.29 is 52.0 Å². The van der Waals surface area contributed by atoms with E-state index in [9.17, 15) is 24.0 Å². The van der Waals surface area contributed by atoms with Gasteiger partial charge in [-0.2, -0.15) is 5.10 Å². The summed E-state index contributed by atoms with van der Waals surface area (Å²) in [6, 6.07) is 11.0. The zero-order valence-corrected chi connectivity index (χ0v) is 50.4. The third kappa shape index (κ3) is 17.7. The Labute approximate surface area is 504 Å². The van der Waals surface area contributed by atoms with Gasteiger partial charge in [0.15, 0.2) is 11.5 Å². The van der Waals surface area contributed by atoms with Crippen molar-refractivity contribution in [3.8, 4) is 21.7 Å². The van der Waals surface area contributed by atoms with Gasteiger partial charge in [-0.15, -0.1) is 11.3 Å². The van der Waals surface area contributed by atoms with Gasteiger partial charge in [0.05, 0.1) is 112 Å². The molecule has 2 aromatic carbocycles. The number of benzene rings is 2. The molecule has 2 saturated heterocycles. The Morgan fingerprint density at radius 1 is 0.779 bits per heavy atom. The number of aromatic amines is 1. The first-order valence-corrected chi connectivity index (χ1v) is 30.6. The smallest absolute Gasteiger partial charge is 0.254 e. The van der Waals surface area contributed by atoms with Crippen LogP contribution in [0.1, 0.15) is 92.5 Å². The Hall–Kier alpha value is -7.26. The maximum absolute atomic E-state index is 15.6. The molecule has 5 N–H and O–H groups in total. The first-order chi connectivity index (χ1) is 41.7. The lowest BCUT2D eigenvalue weighted by atomic mass is 9.85. The van der Waals surface area contributed by atoms with Crippen LogP contribution < -0.4 is 21.3 Å². The molecule has 6 aromatic rings. The molecule has 9 rings (SSSR count). The van der Waals surface area contributed by atoms with E-state index in [0.29, 0.717) is 129 Å². The number of hydrogen-bond donors (Lipinski definition) is 5. The van der Waals surface area contributed by atoms with Gasteiger partial charge in [0.2, 0.25) is 23.6 Å². The summed E-state index contributed by atoms with van der Waals surface area (Å²) in [6.45, 7) is 15.0. The third-order valence-corrected chi connectivity index (χ3v) is 16.3. The fourth-order valence-electron chi connectivity index (χ4n) is 10.3. The van der Waals surface area contributed by atoms with E-state index in [1.165, 1.54) is 6.07 Å². The molecule has 86 heavy (non-hydrogen) atoms. The van der Waals surface area contributed by atoms with Crippen LogP contribution in [0.3, 0.4) is 0 Å². The molecule has 0 spiro atoms. The Kier molecular flexibility index (Phi) is 22.7. The van der Waals surface area contributed by atoms with Crippen LogP contribution in [0.2, 0.25) is 0 Å². The highest BCUT2D eigenvalue weighted by Crippen LogP contribution is 2.41. The monoisotopic (exact) mass is 1210 g/mol. The van der Waals surface area contributed by atoms with Crippen molar-refractivity contribution in [1.29, 1.82) is 0 Å². The van der Waals surface area contributed by atoms with E-state index in [4.69, 9.17) is 28.7 Å². The highest BCUT2D eigenvalue weighted by Gasteiger charge is 2.42.